The van der Waals surface area contributed by atoms with Crippen LogP contribution in [-0.2, 0) is 4.74 Å². The topological polar surface area (TPSA) is 73.1 Å². The number of nitrogens with zero attached hydrogens (tertiary/aromatic N) is 2. The number of nitrogens with one attached hydrogen (secondary N) is 1. The van der Waals surface area contributed by atoms with Gasteiger partial charge in [-0.3, -0.25) is 5.43 Å². The first-order valence-corrected chi connectivity index (χ1v) is 6.22. The number of ether oxygens (including phenoxy) is 1. The van der Waals surface area contributed by atoms with Crippen LogP contribution in [0.4, 0.5) is 5.95 Å². The third kappa shape index (κ3) is 3.07. The summed E-state index contributed by atoms with van der Waals surface area (Å²) in [5.74, 6) is 5.80. The van der Waals surface area contributed by atoms with Crippen molar-refractivity contribution in [3.63, 3.8) is 0 Å². The second-order valence-corrected chi connectivity index (χ2v) is 5.07. The Morgan fingerprint density at radius 2 is 2.19 bits per heavy atom. The predicted molar refractivity (Wildman–Crippen MR) is 64.3 cm³/mol. The van der Waals surface area contributed by atoms with Crippen LogP contribution in [0, 0.1) is 6.92 Å². The van der Waals surface area contributed by atoms with Crippen molar-refractivity contribution in [2.45, 2.75) is 30.0 Å². The summed E-state index contributed by atoms with van der Waals surface area (Å²) in [6, 6.07) is 1.99. The fourth-order valence-corrected chi connectivity index (χ4v) is 2.78. The molecule has 0 bridgehead atoms. The maximum absolute atomic E-state index is 5.33. The lowest BCUT2D eigenvalue weighted by molar-refractivity contribution is 0.1000. The first-order valence-electron chi connectivity index (χ1n) is 5.34. The minimum atomic E-state index is 0.481. The van der Waals surface area contributed by atoms with E-state index in [0.717, 1.165) is 36.8 Å². The molecule has 0 aromatic carbocycles. The van der Waals surface area contributed by atoms with Gasteiger partial charge in [-0.1, -0.05) is 0 Å². The van der Waals surface area contributed by atoms with Crippen molar-refractivity contribution in [1.82, 2.24) is 9.97 Å². The molecule has 1 aromatic heterocycles. The van der Waals surface area contributed by atoms with Crippen molar-refractivity contribution >= 4 is 17.7 Å². The number of nitrogens with two attached hydrogens (primary N) is 1. The molecule has 0 amide bonds. The standard InChI is InChI=1S/C10H16N4OS/c1-7-6-9(13-10(12-7)14-11)16-8-2-4-15-5-3-8/h6,8H,2-5,11H2,1H3,(H,12,13,14). The molecule has 0 aliphatic carbocycles. The van der Waals surface area contributed by atoms with Gasteiger partial charge >= 0.3 is 0 Å². The quantitative estimate of drug-likeness (QED) is 0.472. The second-order valence-electron chi connectivity index (χ2n) is 3.75. The lowest BCUT2D eigenvalue weighted by atomic mass is 10.2. The summed E-state index contributed by atoms with van der Waals surface area (Å²) in [5, 5.41) is 1.57. The molecule has 1 saturated heterocycles. The van der Waals surface area contributed by atoms with Crippen LogP contribution < -0.4 is 11.3 Å². The molecule has 0 radical (unpaired) electrons. The third-order valence-corrected chi connectivity index (χ3v) is 3.67. The summed E-state index contributed by atoms with van der Waals surface area (Å²) < 4.78 is 5.33. The molecule has 2 rings (SSSR count). The van der Waals surface area contributed by atoms with E-state index in [1.54, 1.807) is 11.8 Å². The number of thioether (sulfide) groups is 1. The Kier molecular flexibility index (Phi) is 3.98. The van der Waals surface area contributed by atoms with E-state index in [9.17, 15) is 0 Å². The Bertz CT molecular complexity index is 355. The van der Waals surface area contributed by atoms with Gasteiger partial charge in [0, 0.05) is 24.2 Å². The van der Waals surface area contributed by atoms with E-state index in [1.807, 2.05) is 13.0 Å². The van der Waals surface area contributed by atoms with E-state index in [1.165, 1.54) is 0 Å². The fraction of sp³-hybridized carbons (Fsp3) is 0.600. The van der Waals surface area contributed by atoms with Crippen molar-refractivity contribution in [3.05, 3.63) is 11.8 Å². The molecule has 2 heterocycles. The summed E-state index contributed by atoms with van der Waals surface area (Å²) in [6.07, 6.45) is 2.16. The van der Waals surface area contributed by atoms with Gasteiger partial charge in [-0.05, 0) is 25.8 Å². The number of aryl methyl sites for hydroxylation is 1. The number of hydrazine groups is 1. The van der Waals surface area contributed by atoms with Gasteiger partial charge in [-0.15, -0.1) is 11.8 Å². The minimum Gasteiger partial charge on any atom is -0.381 e. The van der Waals surface area contributed by atoms with Crippen molar-refractivity contribution in [2.75, 3.05) is 18.6 Å². The number of hydrogen-bond donors (Lipinski definition) is 2. The average molecular weight is 240 g/mol. The Hall–Kier alpha value is -0.850. The monoisotopic (exact) mass is 240 g/mol. The molecule has 0 spiro atoms. The average Bonchev–Trinajstić information content (AvgIpc) is 2.29. The zero-order chi connectivity index (χ0) is 11.4. The number of nitrogen functional groups attached to an aromatic ring is 1. The van der Waals surface area contributed by atoms with Gasteiger partial charge in [-0.25, -0.2) is 15.8 Å². The molecule has 1 aliphatic heterocycles. The molecule has 88 valence electrons. The minimum absolute atomic E-state index is 0.481. The summed E-state index contributed by atoms with van der Waals surface area (Å²) in [5.41, 5.74) is 3.41. The smallest absolute Gasteiger partial charge is 0.238 e. The van der Waals surface area contributed by atoms with Gasteiger partial charge in [0.05, 0.1) is 0 Å². The highest BCUT2D eigenvalue weighted by Gasteiger charge is 2.16. The lowest BCUT2D eigenvalue weighted by Crippen LogP contribution is -2.18. The van der Waals surface area contributed by atoms with Gasteiger partial charge in [0.25, 0.3) is 0 Å². The van der Waals surface area contributed by atoms with E-state index in [2.05, 4.69) is 15.4 Å². The highest BCUT2D eigenvalue weighted by molar-refractivity contribution is 7.99. The van der Waals surface area contributed by atoms with E-state index < -0.39 is 0 Å². The highest BCUT2D eigenvalue weighted by atomic mass is 32.2. The molecule has 6 heteroatoms. The molecular weight excluding hydrogens is 224 g/mol. The molecule has 1 fully saturated rings. The van der Waals surface area contributed by atoms with Crippen LogP contribution in [0.1, 0.15) is 18.5 Å². The largest absolute Gasteiger partial charge is 0.381 e. The van der Waals surface area contributed by atoms with Crippen LogP contribution in [-0.4, -0.2) is 28.4 Å². The molecular formula is C10H16N4OS. The maximum atomic E-state index is 5.33. The summed E-state index contributed by atoms with van der Waals surface area (Å²) in [7, 11) is 0. The van der Waals surface area contributed by atoms with Crippen LogP contribution in [0.3, 0.4) is 0 Å². The Labute approximate surface area is 99.2 Å². The van der Waals surface area contributed by atoms with Gasteiger partial charge in [0.2, 0.25) is 5.95 Å². The highest BCUT2D eigenvalue weighted by Crippen LogP contribution is 2.28. The van der Waals surface area contributed by atoms with Gasteiger partial charge in [0.15, 0.2) is 0 Å². The first-order chi connectivity index (χ1) is 7.78. The number of rotatable bonds is 3. The zero-order valence-electron chi connectivity index (χ0n) is 9.27. The normalized spacial score (nSPS) is 17.4. The molecule has 5 nitrogen and oxygen atoms in total. The SMILES string of the molecule is Cc1cc(SC2CCOCC2)nc(NN)n1. The van der Waals surface area contributed by atoms with Crippen molar-refractivity contribution in [1.29, 1.82) is 0 Å². The van der Waals surface area contributed by atoms with E-state index >= 15 is 0 Å². The van der Waals surface area contributed by atoms with E-state index in [4.69, 9.17) is 10.6 Å². The van der Waals surface area contributed by atoms with Crippen LogP contribution in [0.15, 0.2) is 11.1 Å². The van der Waals surface area contributed by atoms with Crippen LogP contribution in [0.5, 0.6) is 0 Å². The van der Waals surface area contributed by atoms with Crippen molar-refractivity contribution in [3.8, 4) is 0 Å². The van der Waals surface area contributed by atoms with Gasteiger partial charge < -0.3 is 4.74 Å². The summed E-state index contributed by atoms with van der Waals surface area (Å²) in [4.78, 5) is 8.48. The third-order valence-electron chi connectivity index (χ3n) is 2.42. The van der Waals surface area contributed by atoms with Crippen LogP contribution >= 0.6 is 11.8 Å². The zero-order valence-corrected chi connectivity index (χ0v) is 10.1. The van der Waals surface area contributed by atoms with E-state index in [0.29, 0.717) is 11.2 Å². The maximum Gasteiger partial charge on any atom is 0.238 e. The fourth-order valence-electron chi connectivity index (χ4n) is 1.63. The Morgan fingerprint density at radius 1 is 1.44 bits per heavy atom. The van der Waals surface area contributed by atoms with Gasteiger partial charge in [-0.2, -0.15) is 0 Å². The van der Waals surface area contributed by atoms with E-state index in [-0.39, 0.29) is 0 Å². The molecule has 16 heavy (non-hydrogen) atoms. The Balaban J connectivity index is 2.04. The van der Waals surface area contributed by atoms with Gasteiger partial charge in [0.1, 0.15) is 5.03 Å². The molecule has 0 atom stereocenters. The molecule has 1 aromatic rings. The second kappa shape index (κ2) is 5.47. The summed E-state index contributed by atoms with van der Waals surface area (Å²) in [6.45, 7) is 3.64. The molecule has 0 saturated carbocycles. The first kappa shape index (κ1) is 11.6. The molecule has 0 unspecified atom stereocenters. The number of anilines is 1. The van der Waals surface area contributed by atoms with Crippen molar-refractivity contribution in [2.24, 2.45) is 5.84 Å². The molecule has 3 N–H and O–H groups in total. The van der Waals surface area contributed by atoms with Crippen molar-refractivity contribution < 1.29 is 4.74 Å². The Morgan fingerprint density at radius 3 is 2.88 bits per heavy atom. The summed E-state index contributed by atoms with van der Waals surface area (Å²) >= 11 is 1.78. The molecule has 1 aliphatic rings. The van der Waals surface area contributed by atoms with Crippen LogP contribution in [0.2, 0.25) is 0 Å². The predicted octanol–water partition coefficient (Wildman–Crippen LogP) is 1.34. The lowest BCUT2D eigenvalue weighted by Gasteiger charge is -2.21. The number of hydrogen-bond acceptors (Lipinski definition) is 6. The van der Waals surface area contributed by atoms with Crippen LogP contribution in [0.25, 0.3) is 0 Å². The number of aromatic nitrogens is 2.